The van der Waals surface area contributed by atoms with Crippen molar-refractivity contribution in [1.29, 1.82) is 5.26 Å². The predicted molar refractivity (Wildman–Crippen MR) is 109 cm³/mol. The summed E-state index contributed by atoms with van der Waals surface area (Å²) in [4.78, 5) is 9.72. The van der Waals surface area contributed by atoms with Crippen LogP contribution < -0.4 is 5.32 Å². The minimum atomic E-state index is -0.108. The first kappa shape index (κ1) is 18.2. The monoisotopic (exact) mass is 363 g/mol. The van der Waals surface area contributed by atoms with Gasteiger partial charge in [-0.1, -0.05) is 12.5 Å². The molecule has 1 atom stereocenters. The van der Waals surface area contributed by atoms with Gasteiger partial charge in [0.05, 0.1) is 17.2 Å². The fraction of sp³-hybridized carbons (Fsp3) is 0.545. The van der Waals surface area contributed by atoms with Gasteiger partial charge in [0, 0.05) is 44.2 Å². The molecule has 5 nitrogen and oxygen atoms in total. The van der Waals surface area contributed by atoms with Crippen molar-refractivity contribution < 1.29 is 0 Å². The van der Waals surface area contributed by atoms with Crippen molar-refractivity contribution >= 4 is 5.71 Å². The Labute approximate surface area is 162 Å². The first-order chi connectivity index (χ1) is 13.2. The Bertz CT molecular complexity index is 773. The van der Waals surface area contributed by atoms with E-state index >= 15 is 0 Å². The van der Waals surface area contributed by atoms with Gasteiger partial charge >= 0.3 is 0 Å². The minimum absolute atomic E-state index is 0.108. The normalized spacial score (nSPS) is 29.9. The number of hydrogen-bond acceptors (Lipinski definition) is 5. The first-order valence-corrected chi connectivity index (χ1v) is 10.1. The number of nitrogens with one attached hydrogen (secondary N) is 1. The van der Waals surface area contributed by atoms with Gasteiger partial charge < -0.3 is 15.1 Å². The molecule has 2 saturated heterocycles. The molecule has 27 heavy (non-hydrogen) atoms. The first-order valence-electron chi connectivity index (χ1n) is 10.1. The minimum Gasteiger partial charge on any atom is -0.384 e. The molecule has 0 aromatic rings. The molecule has 3 aliphatic heterocycles. The molecule has 4 aliphatic rings. The highest BCUT2D eigenvalue weighted by Gasteiger charge is 2.47. The van der Waals surface area contributed by atoms with Crippen LogP contribution in [-0.2, 0) is 0 Å². The average molecular weight is 364 g/mol. The van der Waals surface area contributed by atoms with E-state index in [0.29, 0.717) is 0 Å². The molecule has 1 unspecified atom stereocenters. The summed E-state index contributed by atoms with van der Waals surface area (Å²) >= 11 is 0. The van der Waals surface area contributed by atoms with E-state index in [0.717, 1.165) is 43.9 Å². The van der Waals surface area contributed by atoms with Crippen LogP contribution in [0.25, 0.3) is 0 Å². The summed E-state index contributed by atoms with van der Waals surface area (Å²) in [6.45, 7) is 6.43. The summed E-state index contributed by atoms with van der Waals surface area (Å²) in [6.07, 6.45) is 14.8. The van der Waals surface area contributed by atoms with Gasteiger partial charge in [0.2, 0.25) is 0 Å². The lowest BCUT2D eigenvalue weighted by atomic mass is 9.69. The molecule has 0 radical (unpaired) electrons. The van der Waals surface area contributed by atoms with E-state index in [2.05, 4.69) is 40.4 Å². The third kappa shape index (κ3) is 3.65. The molecule has 0 amide bonds. The van der Waals surface area contributed by atoms with Crippen molar-refractivity contribution in [2.75, 3.05) is 46.3 Å². The van der Waals surface area contributed by atoms with Crippen molar-refractivity contribution in [2.45, 2.75) is 25.7 Å². The summed E-state index contributed by atoms with van der Waals surface area (Å²) in [6, 6.07) is 2.20. The molecule has 0 aromatic heterocycles. The number of likely N-dealkylation sites (tertiary alicyclic amines) is 2. The molecule has 1 aliphatic carbocycles. The fourth-order valence-electron chi connectivity index (χ4n) is 4.96. The van der Waals surface area contributed by atoms with Gasteiger partial charge in [-0.15, -0.1) is 0 Å². The molecule has 0 bridgehead atoms. The molecule has 0 aromatic carbocycles. The zero-order chi connectivity index (χ0) is 18.7. The lowest BCUT2D eigenvalue weighted by Crippen LogP contribution is -2.38. The average Bonchev–Trinajstić information content (AvgIpc) is 2.92. The highest BCUT2D eigenvalue weighted by molar-refractivity contribution is 6.05. The largest absolute Gasteiger partial charge is 0.384 e. The maximum absolute atomic E-state index is 9.11. The van der Waals surface area contributed by atoms with Gasteiger partial charge in [-0.2, -0.15) is 5.26 Å². The predicted octanol–water partition coefficient (Wildman–Crippen LogP) is 2.63. The standard InChI is InChI=1S/C22H29N5/c1-26-16-19-20(24-11-14-27-12-3-2-4-13-27)8-10-25-21-6-5-18(7-9-23)15-22(19,21)17-26/h5-8,10,24H,2-4,11-17H2,1H3/b18-7+. The number of hydrogen-bond donors (Lipinski definition) is 1. The highest BCUT2D eigenvalue weighted by atomic mass is 15.2. The number of aliphatic imine (C=N–C) groups is 1. The number of allylic oxidation sites excluding steroid dienone is 5. The molecule has 1 spiro atoms. The van der Waals surface area contributed by atoms with E-state index in [4.69, 9.17) is 10.3 Å². The van der Waals surface area contributed by atoms with Gasteiger partial charge in [-0.05, 0) is 62.7 Å². The zero-order valence-corrected chi connectivity index (χ0v) is 16.2. The number of piperidine rings is 1. The Morgan fingerprint density at radius 3 is 2.93 bits per heavy atom. The van der Waals surface area contributed by atoms with Crippen LogP contribution in [0.5, 0.6) is 0 Å². The van der Waals surface area contributed by atoms with Crippen LogP contribution in [0.3, 0.4) is 0 Å². The van der Waals surface area contributed by atoms with Crippen molar-refractivity contribution in [3.8, 4) is 6.07 Å². The van der Waals surface area contributed by atoms with Gasteiger partial charge in [-0.25, -0.2) is 0 Å². The number of nitriles is 1. The molecular weight excluding hydrogens is 334 g/mol. The maximum atomic E-state index is 9.11. The maximum Gasteiger partial charge on any atom is 0.0914 e. The molecular formula is C22H29N5. The van der Waals surface area contributed by atoms with Gasteiger partial charge in [0.1, 0.15) is 0 Å². The Kier molecular flexibility index (Phi) is 5.29. The van der Waals surface area contributed by atoms with Crippen molar-refractivity contribution in [3.63, 3.8) is 0 Å². The third-order valence-electron chi connectivity index (χ3n) is 6.22. The molecule has 4 rings (SSSR count). The van der Waals surface area contributed by atoms with Crippen LogP contribution in [-0.4, -0.2) is 61.8 Å². The quantitative estimate of drug-likeness (QED) is 0.780. The molecule has 2 fully saturated rings. The summed E-state index contributed by atoms with van der Waals surface area (Å²) in [5, 5.41) is 12.8. The van der Waals surface area contributed by atoms with Gasteiger partial charge in [0.15, 0.2) is 0 Å². The fourth-order valence-corrected chi connectivity index (χ4v) is 4.96. The van der Waals surface area contributed by atoms with E-state index < -0.39 is 0 Å². The lowest BCUT2D eigenvalue weighted by Gasteiger charge is -2.34. The van der Waals surface area contributed by atoms with Crippen LogP contribution in [0.15, 0.2) is 52.3 Å². The van der Waals surface area contributed by atoms with Crippen LogP contribution >= 0.6 is 0 Å². The number of nitrogens with zero attached hydrogens (tertiary/aromatic N) is 4. The second-order valence-electron chi connectivity index (χ2n) is 8.16. The Balaban J connectivity index is 1.57. The summed E-state index contributed by atoms with van der Waals surface area (Å²) in [7, 11) is 2.18. The van der Waals surface area contributed by atoms with E-state index in [9.17, 15) is 0 Å². The molecule has 3 heterocycles. The zero-order valence-electron chi connectivity index (χ0n) is 16.2. The molecule has 5 heteroatoms. The van der Waals surface area contributed by atoms with Crippen molar-refractivity contribution in [3.05, 3.63) is 47.3 Å². The Hall–Kier alpha value is -2.16. The van der Waals surface area contributed by atoms with Crippen LogP contribution in [0.1, 0.15) is 25.7 Å². The molecule has 1 N–H and O–H groups in total. The van der Waals surface area contributed by atoms with E-state index in [-0.39, 0.29) is 5.41 Å². The highest BCUT2D eigenvalue weighted by Crippen LogP contribution is 2.46. The van der Waals surface area contributed by atoms with Crippen LogP contribution in [0, 0.1) is 16.7 Å². The summed E-state index contributed by atoms with van der Waals surface area (Å²) < 4.78 is 0. The number of likely N-dealkylation sites (N-methyl/N-ethyl adjacent to an activating group) is 1. The van der Waals surface area contributed by atoms with Gasteiger partial charge in [0.25, 0.3) is 0 Å². The van der Waals surface area contributed by atoms with E-state index in [1.807, 2.05) is 12.3 Å². The van der Waals surface area contributed by atoms with E-state index in [1.54, 1.807) is 6.08 Å². The van der Waals surface area contributed by atoms with Gasteiger partial charge in [-0.3, -0.25) is 4.99 Å². The molecule has 0 saturated carbocycles. The lowest BCUT2D eigenvalue weighted by molar-refractivity contribution is 0.231. The van der Waals surface area contributed by atoms with Crippen molar-refractivity contribution in [1.82, 2.24) is 15.1 Å². The van der Waals surface area contributed by atoms with Crippen LogP contribution in [0.4, 0.5) is 0 Å². The van der Waals surface area contributed by atoms with Crippen molar-refractivity contribution in [2.24, 2.45) is 10.4 Å². The topological polar surface area (TPSA) is 54.7 Å². The SMILES string of the molecule is CN1CC2=C(NCCN3CCCCC3)C=CN=C3C=C/C(=C\C#N)CC32C1. The smallest absolute Gasteiger partial charge is 0.0914 e. The van der Waals surface area contributed by atoms with Crippen LogP contribution in [0.2, 0.25) is 0 Å². The Morgan fingerprint density at radius 2 is 2.11 bits per heavy atom. The summed E-state index contributed by atoms with van der Waals surface area (Å²) in [5.74, 6) is 0. The second-order valence-corrected chi connectivity index (χ2v) is 8.16. The Morgan fingerprint density at radius 1 is 1.26 bits per heavy atom. The second kappa shape index (κ2) is 7.84. The third-order valence-corrected chi connectivity index (χ3v) is 6.22. The number of rotatable bonds is 4. The van der Waals surface area contributed by atoms with E-state index in [1.165, 1.54) is 43.6 Å². The summed E-state index contributed by atoms with van der Waals surface area (Å²) in [5.41, 5.74) is 4.76. The molecule has 142 valence electrons.